The highest BCUT2D eigenvalue weighted by atomic mass is 19.4. The third-order valence-electron chi connectivity index (χ3n) is 2.10. The second-order valence-corrected chi connectivity index (χ2v) is 3.60. The Balaban J connectivity index is 2.68. The molecule has 0 aliphatic rings. The number of carbonyl (C=O) groups is 1. The van der Waals surface area contributed by atoms with Crippen LogP contribution < -0.4 is 10.2 Å². The summed E-state index contributed by atoms with van der Waals surface area (Å²) in [7, 11) is 0. The largest absolute Gasteiger partial charge is 0.573 e. The van der Waals surface area contributed by atoms with Crippen molar-refractivity contribution in [3.8, 4) is 5.75 Å². The molecule has 8 heteroatoms. The molecule has 1 aromatic rings. The van der Waals surface area contributed by atoms with Gasteiger partial charge in [-0.2, -0.15) is 5.10 Å². The number of ether oxygens (including phenoxy) is 2. The van der Waals surface area contributed by atoms with Crippen LogP contribution in [0.25, 0.3) is 0 Å². The normalized spacial score (nSPS) is 11.9. The van der Waals surface area contributed by atoms with Crippen LogP contribution in [-0.4, -0.2) is 24.8 Å². The Morgan fingerprint density at radius 2 is 1.90 bits per heavy atom. The number of rotatable bonds is 4. The van der Waals surface area contributed by atoms with E-state index in [1.165, 1.54) is 12.1 Å². The Bertz CT molecular complexity index is 484. The zero-order valence-electron chi connectivity index (χ0n) is 10.8. The summed E-state index contributed by atoms with van der Waals surface area (Å²) in [5.74, 6) is -0.326. The maximum Gasteiger partial charge on any atom is 0.573 e. The average Bonchev–Trinajstić information content (AvgIpc) is 2.35. The Morgan fingerprint density at radius 3 is 2.40 bits per heavy atom. The van der Waals surface area contributed by atoms with Gasteiger partial charge in [-0.25, -0.2) is 10.2 Å². The first-order chi connectivity index (χ1) is 9.31. The monoisotopic (exact) mass is 290 g/mol. The number of amides is 1. The average molecular weight is 290 g/mol. The first kappa shape index (κ1) is 15.8. The van der Waals surface area contributed by atoms with Gasteiger partial charge in [0, 0.05) is 0 Å². The predicted octanol–water partition coefficient (Wildman–Crippen LogP) is 3.06. The maximum atomic E-state index is 12.0. The molecule has 1 rings (SSSR count). The molecule has 0 unspecified atom stereocenters. The second-order valence-electron chi connectivity index (χ2n) is 3.60. The lowest BCUT2D eigenvalue weighted by Gasteiger charge is -2.09. The summed E-state index contributed by atoms with van der Waals surface area (Å²) in [6.07, 6.45) is -5.43. The van der Waals surface area contributed by atoms with Crippen LogP contribution in [0.5, 0.6) is 5.75 Å². The third kappa shape index (κ3) is 5.59. The van der Waals surface area contributed by atoms with Crippen molar-refractivity contribution in [3.63, 3.8) is 0 Å². The molecule has 1 aromatic carbocycles. The fourth-order valence-electron chi connectivity index (χ4n) is 1.26. The number of benzene rings is 1. The number of nitrogens with zero attached hydrogens (tertiary/aromatic N) is 1. The molecule has 0 heterocycles. The Hall–Kier alpha value is -2.25. The topological polar surface area (TPSA) is 59.9 Å². The highest BCUT2D eigenvalue weighted by Gasteiger charge is 2.30. The number of halogens is 3. The van der Waals surface area contributed by atoms with E-state index in [1.807, 2.05) is 0 Å². The summed E-state index contributed by atoms with van der Waals surface area (Å²) in [6, 6.07) is 5.11. The molecule has 0 fully saturated rings. The summed E-state index contributed by atoms with van der Waals surface area (Å²) in [6.45, 7) is 3.45. The Morgan fingerprint density at radius 1 is 1.30 bits per heavy atom. The molecule has 0 aromatic heterocycles. The lowest BCUT2D eigenvalue weighted by molar-refractivity contribution is -0.274. The third-order valence-corrected chi connectivity index (χ3v) is 2.10. The van der Waals surface area contributed by atoms with Gasteiger partial charge in [0.25, 0.3) is 0 Å². The molecule has 20 heavy (non-hydrogen) atoms. The minimum absolute atomic E-state index is 0.212. The first-order valence-electron chi connectivity index (χ1n) is 5.65. The summed E-state index contributed by atoms with van der Waals surface area (Å²) >= 11 is 0. The number of hydrazone groups is 1. The number of hydrogen-bond donors (Lipinski definition) is 1. The SMILES string of the molecule is CCOC(=O)N/N=C(/C)c1ccc(OC(F)(F)F)cc1. The van der Waals surface area contributed by atoms with Crippen LogP contribution in [0.15, 0.2) is 29.4 Å². The van der Waals surface area contributed by atoms with Gasteiger partial charge in [0.05, 0.1) is 12.3 Å². The smallest absolute Gasteiger partial charge is 0.449 e. The Kier molecular flexibility index (Phi) is 5.36. The molecule has 110 valence electrons. The van der Waals surface area contributed by atoms with Gasteiger partial charge in [0.1, 0.15) is 5.75 Å². The van der Waals surface area contributed by atoms with E-state index in [1.54, 1.807) is 13.8 Å². The quantitative estimate of drug-likeness (QED) is 0.685. The van der Waals surface area contributed by atoms with Crippen LogP contribution in [0.1, 0.15) is 19.4 Å². The highest BCUT2D eigenvalue weighted by molar-refractivity contribution is 5.99. The summed E-state index contributed by atoms with van der Waals surface area (Å²) < 4.78 is 44.3. The van der Waals surface area contributed by atoms with Gasteiger partial charge in [-0.15, -0.1) is 13.2 Å². The van der Waals surface area contributed by atoms with E-state index in [2.05, 4.69) is 20.0 Å². The van der Waals surface area contributed by atoms with E-state index in [9.17, 15) is 18.0 Å². The summed E-state index contributed by atoms with van der Waals surface area (Å²) in [5.41, 5.74) is 3.10. The molecule has 0 atom stereocenters. The van der Waals surface area contributed by atoms with Crippen LogP contribution in [0.4, 0.5) is 18.0 Å². The molecule has 0 saturated heterocycles. The molecular formula is C12H13F3N2O3. The van der Waals surface area contributed by atoms with Gasteiger partial charge in [0.2, 0.25) is 0 Å². The van der Waals surface area contributed by atoms with Crippen LogP contribution in [0.2, 0.25) is 0 Å². The van der Waals surface area contributed by atoms with Crippen molar-refractivity contribution in [1.82, 2.24) is 5.43 Å². The van der Waals surface area contributed by atoms with E-state index in [-0.39, 0.29) is 12.4 Å². The number of alkyl halides is 3. The highest BCUT2D eigenvalue weighted by Crippen LogP contribution is 2.22. The number of nitrogens with one attached hydrogen (secondary N) is 1. The number of carbonyl (C=O) groups excluding carboxylic acids is 1. The van der Waals surface area contributed by atoms with E-state index >= 15 is 0 Å². The molecule has 0 spiro atoms. The Labute approximate surface area is 113 Å². The molecule has 0 aliphatic carbocycles. The van der Waals surface area contributed by atoms with E-state index < -0.39 is 12.5 Å². The summed E-state index contributed by atoms with van der Waals surface area (Å²) in [5, 5.41) is 3.75. The van der Waals surface area contributed by atoms with Gasteiger partial charge in [-0.1, -0.05) is 0 Å². The van der Waals surface area contributed by atoms with Gasteiger partial charge in [0.15, 0.2) is 0 Å². The van der Waals surface area contributed by atoms with Crippen molar-refractivity contribution in [3.05, 3.63) is 29.8 Å². The van der Waals surface area contributed by atoms with Crippen molar-refractivity contribution in [1.29, 1.82) is 0 Å². The minimum atomic E-state index is -4.73. The molecule has 0 radical (unpaired) electrons. The maximum absolute atomic E-state index is 12.0. The van der Waals surface area contributed by atoms with Crippen molar-refractivity contribution < 1.29 is 27.4 Å². The number of hydrogen-bond acceptors (Lipinski definition) is 4. The van der Waals surface area contributed by atoms with Gasteiger partial charge in [-0.05, 0) is 43.7 Å². The van der Waals surface area contributed by atoms with Crippen molar-refractivity contribution in [2.24, 2.45) is 5.10 Å². The van der Waals surface area contributed by atoms with E-state index in [4.69, 9.17) is 0 Å². The standard InChI is InChI=1S/C12H13F3N2O3/c1-3-19-11(18)17-16-8(2)9-4-6-10(7-5-9)20-12(13,14)15/h4-7H,3H2,1-2H3,(H,17,18)/b16-8-. The van der Waals surface area contributed by atoms with Crippen LogP contribution >= 0.6 is 0 Å². The van der Waals surface area contributed by atoms with Crippen molar-refractivity contribution in [2.45, 2.75) is 20.2 Å². The molecule has 0 saturated carbocycles. The minimum Gasteiger partial charge on any atom is -0.449 e. The van der Waals surface area contributed by atoms with Crippen LogP contribution in [0, 0.1) is 0 Å². The second kappa shape index (κ2) is 6.78. The fourth-order valence-corrected chi connectivity index (χ4v) is 1.26. The molecule has 5 nitrogen and oxygen atoms in total. The van der Waals surface area contributed by atoms with Crippen molar-refractivity contribution in [2.75, 3.05) is 6.61 Å². The lowest BCUT2D eigenvalue weighted by Crippen LogP contribution is -2.20. The fraction of sp³-hybridized carbons (Fsp3) is 0.333. The van der Waals surface area contributed by atoms with Gasteiger partial charge >= 0.3 is 12.5 Å². The predicted molar refractivity (Wildman–Crippen MR) is 65.5 cm³/mol. The molecule has 0 bridgehead atoms. The summed E-state index contributed by atoms with van der Waals surface area (Å²) in [4.78, 5) is 11.0. The molecule has 0 aliphatic heterocycles. The first-order valence-corrected chi connectivity index (χ1v) is 5.65. The van der Waals surface area contributed by atoms with Crippen LogP contribution in [0.3, 0.4) is 0 Å². The van der Waals surface area contributed by atoms with E-state index in [0.717, 1.165) is 12.1 Å². The van der Waals surface area contributed by atoms with Crippen molar-refractivity contribution >= 4 is 11.8 Å². The molecule has 1 amide bonds. The molecule has 1 N–H and O–H groups in total. The lowest BCUT2D eigenvalue weighted by atomic mass is 10.1. The van der Waals surface area contributed by atoms with Gasteiger partial charge < -0.3 is 9.47 Å². The van der Waals surface area contributed by atoms with E-state index in [0.29, 0.717) is 11.3 Å². The van der Waals surface area contributed by atoms with Gasteiger partial charge in [-0.3, -0.25) is 0 Å². The zero-order valence-corrected chi connectivity index (χ0v) is 10.8. The molecular weight excluding hydrogens is 277 g/mol. The van der Waals surface area contributed by atoms with Crippen LogP contribution in [-0.2, 0) is 4.74 Å². The zero-order chi connectivity index (χ0) is 15.2.